The van der Waals surface area contributed by atoms with Crippen molar-refractivity contribution in [1.29, 1.82) is 0 Å². The van der Waals surface area contributed by atoms with E-state index in [1.165, 1.54) is 6.92 Å². The Morgan fingerprint density at radius 3 is 2.29 bits per heavy atom. The van der Waals surface area contributed by atoms with E-state index in [-0.39, 0.29) is 5.69 Å². The molecule has 0 aliphatic carbocycles. The lowest BCUT2D eigenvalue weighted by Gasteiger charge is -2.14. The Bertz CT molecular complexity index is 853. The van der Waals surface area contributed by atoms with Crippen LogP contribution in [0.15, 0.2) is 44.8 Å². The number of rotatable bonds is 4. The maximum atomic E-state index is 12.3. The summed E-state index contributed by atoms with van der Waals surface area (Å²) >= 11 is 0. The Labute approximate surface area is 121 Å². The normalized spacial score (nSPS) is 13.0. The molecule has 8 heteroatoms. The van der Waals surface area contributed by atoms with Crippen molar-refractivity contribution in [3.8, 4) is 0 Å². The Balaban J connectivity index is 2.40. The SMILES string of the molecule is Cc1[nH]c(=O)[nH]c(=O)c1S(=O)(=O)N[C@@H](C)c1ccccc1. The maximum absolute atomic E-state index is 12.3. The molecule has 0 aliphatic heterocycles. The third-order valence-corrected chi connectivity index (χ3v) is 4.67. The van der Waals surface area contributed by atoms with E-state index in [2.05, 4.69) is 9.71 Å². The quantitative estimate of drug-likeness (QED) is 0.759. The first-order valence-corrected chi connectivity index (χ1v) is 7.70. The number of H-pyrrole nitrogens is 2. The molecule has 0 unspecified atom stereocenters. The number of aryl methyl sites for hydroxylation is 1. The molecule has 0 amide bonds. The van der Waals surface area contributed by atoms with Crippen molar-refractivity contribution in [2.75, 3.05) is 0 Å². The highest BCUT2D eigenvalue weighted by Crippen LogP contribution is 2.15. The van der Waals surface area contributed by atoms with Crippen LogP contribution in [0.4, 0.5) is 0 Å². The molecule has 1 atom stereocenters. The van der Waals surface area contributed by atoms with E-state index < -0.39 is 32.2 Å². The number of aromatic nitrogens is 2. The van der Waals surface area contributed by atoms with Crippen LogP contribution in [0.2, 0.25) is 0 Å². The molecule has 3 N–H and O–H groups in total. The van der Waals surface area contributed by atoms with Crippen LogP contribution < -0.4 is 16.0 Å². The van der Waals surface area contributed by atoms with Crippen molar-refractivity contribution < 1.29 is 8.42 Å². The maximum Gasteiger partial charge on any atom is 0.325 e. The van der Waals surface area contributed by atoms with Gasteiger partial charge in [-0.2, -0.15) is 0 Å². The van der Waals surface area contributed by atoms with Crippen LogP contribution in [-0.2, 0) is 10.0 Å². The molecule has 1 aromatic carbocycles. The zero-order chi connectivity index (χ0) is 15.6. The minimum absolute atomic E-state index is 0.00323. The van der Waals surface area contributed by atoms with E-state index in [9.17, 15) is 18.0 Å². The van der Waals surface area contributed by atoms with Crippen LogP contribution in [0.25, 0.3) is 0 Å². The predicted molar refractivity (Wildman–Crippen MR) is 77.6 cm³/mol. The van der Waals surface area contributed by atoms with Gasteiger partial charge in [0.05, 0.1) is 0 Å². The van der Waals surface area contributed by atoms with Crippen LogP contribution in [0, 0.1) is 6.92 Å². The highest BCUT2D eigenvalue weighted by molar-refractivity contribution is 7.89. The summed E-state index contributed by atoms with van der Waals surface area (Å²) in [5.41, 5.74) is -0.923. The van der Waals surface area contributed by atoms with Crippen LogP contribution in [0.5, 0.6) is 0 Å². The molecule has 0 radical (unpaired) electrons. The lowest BCUT2D eigenvalue weighted by atomic mass is 10.1. The molecule has 1 aromatic heterocycles. The second-order valence-corrected chi connectivity index (χ2v) is 6.27. The minimum atomic E-state index is -4.05. The lowest BCUT2D eigenvalue weighted by Crippen LogP contribution is -2.35. The Kier molecular flexibility index (Phi) is 4.10. The van der Waals surface area contributed by atoms with Gasteiger partial charge in [0.15, 0.2) is 4.90 Å². The molecule has 2 rings (SSSR count). The zero-order valence-electron chi connectivity index (χ0n) is 11.5. The van der Waals surface area contributed by atoms with Crippen molar-refractivity contribution in [1.82, 2.24) is 14.7 Å². The van der Waals surface area contributed by atoms with Gasteiger partial charge in [-0.3, -0.25) is 9.78 Å². The molecule has 0 aliphatic rings. The smallest absolute Gasteiger partial charge is 0.310 e. The van der Waals surface area contributed by atoms with E-state index in [1.54, 1.807) is 31.2 Å². The van der Waals surface area contributed by atoms with Crippen molar-refractivity contribution in [3.05, 3.63) is 62.4 Å². The topological polar surface area (TPSA) is 112 Å². The summed E-state index contributed by atoms with van der Waals surface area (Å²) in [5, 5.41) is 0. The number of aromatic amines is 2. The van der Waals surface area contributed by atoms with Crippen LogP contribution >= 0.6 is 0 Å². The predicted octanol–water partition coefficient (Wildman–Crippen LogP) is 0.411. The standard InChI is InChI=1S/C13H15N3O4S/c1-8(10-6-4-3-5-7-10)16-21(19,20)11-9(2)14-13(18)15-12(11)17/h3-8,16H,1-2H3,(H2,14,15,17,18)/t8-/m0/s1. The largest absolute Gasteiger partial charge is 0.325 e. The third-order valence-electron chi connectivity index (χ3n) is 2.98. The summed E-state index contributed by atoms with van der Waals surface area (Å²) in [7, 11) is -4.05. The van der Waals surface area contributed by atoms with Gasteiger partial charge in [0, 0.05) is 11.7 Å². The Morgan fingerprint density at radius 1 is 1.10 bits per heavy atom. The first-order chi connectivity index (χ1) is 9.81. The molecular formula is C13H15N3O4S. The molecule has 2 aromatic rings. The lowest BCUT2D eigenvalue weighted by molar-refractivity contribution is 0.563. The second-order valence-electron chi connectivity index (χ2n) is 4.62. The van der Waals surface area contributed by atoms with Gasteiger partial charge in [0.2, 0.25) is 10.0 Å². The molecule has 0 spiro atoms. The third kappa shape index (κ3) is 3.29. The van der Waals surface area contributed by atoms with E-state index in [1.807, 2.05) is 11.1 Å². The monoisotopic (exact) mass is 309 g/mol. The average molecular weight is 309 g/mol. The van der Waals surface area contributed by atoms with Gasteiger partial charge in [0.25, 0.3) is 5.56 Å². The molecule has 0 fully saturated rings. The van der Waals surface area contributed by atoms with Crippen LogP contribution in [0.1, 0.15) is 24.2 Å². The van der Waals surface area contributed by atoms with Gasteiger partial charge in [-0.1, -0.05) is 30.3 Å². The number of hydrogen-bond donors (Lipinski definition) is 3. The summed E-state index contributed by atoms with van der Waals surface area (Å²) in [5.74, 6) is 0. The van der Waals surface area contributed by atoms with E-state index in [0.29, 0.717) is 0 Å². The van der Waals surface area contributed by atoms with Gasteiger partial charge in [-0.25, -0.2) is 17.9 Å². The van der Waals surface area contributed by atoms with Crippen molar-refractivity contribution in [2.45, 2.75) is 24.8 Å². The van der Waals surface area contributed by atoms with Crippen LogP contribution in [0.3, 0.4) is 0 Å². The fourth-order valence-electron chi connectivity index (χ4n) is 2.01. The first-order valence-electron chi connectivity index (χ1n) is 6.22. The highest BCUT2D eigenvalue weighted by atomic mass is 32.2. The van der Waals surface area contributed by atoms with Crippen molar-refractivity contribution >= 4 is 10.0 Å². The van der Waals surface area contributed by atoms with Gasteiger partial charge in [-0.15, -0.1) is 0 Å². The number of hydrogen-bond acceptors (Lipinski definition) is 4. The number of benzene rings is 1. The van der Waals surface area contributed by atoms with Gasteiger partial charge < -0.3 is 4.98 Å². The summed E-state index contributed by atoms with van der Waals surface area (Å²) in [6.45, 7) is 3.03. The Morgan fingerprint density at radius 2 is 1.71 bits per heavy atom. The molecular weight excluding hydrogens is 294 g/mol. The summed E-state index contributed by atoms with van der Waals surface area (Å²) in [6, 6.07) is 8.44. The van der Waals surface area contributed by atoms with Gasteiger partial charge in [0.1, 0.15) is 0 Å². The summed E-state index contributed by atoms with van der Waals surface area (Å²) < 4.78 is 27.1. The minimum Gasteiger partial charge on any atom is -0.310 e. The van der Waals surface area contributed by atoms with Crippen molar-refractivity contribution in [3.63, 3.8) is 0 Å². The fraction of sp³-hybridized carbons (Fsp3) is 0.231. The second kappa shape index (κ2) is 5.66. The molecule has 0 saturated heterocycles. The molecule has 7 nitrogen and oxygen atoms in total. The molecule has 0 saturated carbocycles. The van der Waals surface area contributed by atoms with E-state index in [0.717, 1.165) is 5.56 Å². The van der Waals surface area contributed by atoms with E-state index in [4.69, 9.17) is 0 Å². The van der Waals surface area contributed by atoms with Crippen molar-refractivity contribution in [2.24, 2.45) is 0 Å². The molecule has 112 valence electrons. The van der Waals surface area contributed by atoms with Gasteiger partial charge >= 0.3 is 5.69 Å². The van der Waals surface area contributed by atoms with E-state index >= 15 is 0 Å². The Hall–Kier alpha value is -2.19. The van der Waals surface area contributed by atoms with Crippen LogP contribution in [-0.4, -0.2) is 18.4 Å². The molecule has 21 heavy (non-hydrogen) atoms. The zero-order valence-corrected chi connectivity index (χ0v) is 12.3. The summed E-state index contributed by atoms with van der Waals surface area (Å²) in [6.07, 6.45) is 0. The average Bonchev–Trinajstić information content (AvgIpc) is 2.37. The fourth-order valence-corrected chi connectivity index (χ4v) is 3.48. The van der Waals surface area contributed by atoms with Gasteiger partial charge in [-0.05, 0) is 19.4 Å². The highest BCUT2D eigenvalue weighted by Gasteiger charge is 2.24. The molecule has 1 heterocycles. The first kappa shape index (κ1) is 15.2. The summed E-state index contributed by atoms with van der Waals surface area (Å²) in [4.78, 5) is 26.5. The number of sulfonamides is 1. The molecule has 0 bridgehead atoms. The number of nitrogens with one attached hydrogen (secondary N) is 3.